The summed E-state index contributed by atoms with van der Waals surface area (Å²) in [5.41, 5.74) is 4.46. The van der Waals surface area contributed by atoms with Crippen LogP contribution in [-0.2, 0) is 30.3 Å². The molecule has 0 unspecified atom stereocenters. The van der Waals surface area contributed by atoms with Crippen LogP contribution in [0.3, 0.4) is 0 Å². The quantitative estimate of drug-likeness (QED) is 0.125. The molecular weight excluding hydrogens is 650 g/mol. The standard InChI is InChI=1S/C35H53N5O8S/c1-34(2,3)47-32(43)38(20-13-14-21-39(33(44)48-35(4,5)6)23-26-15-9-7-10-16-26)19-12-8-11-17-29(41)45-24-30-46-28(25-49-30)40-22-18-27(36)37-31(40)42/h7,9-10,15-16,18,22,28,30H,8,11-14,17,19-21,23-25H2,1-6H3,(H2,36,37,42)/t28-,30+/m1/s1. The fraction of sp³-hybridized carbons (Fsp3) is 0.629. The molecule has 14 heteroatoms. The molecule has 3 rings (SSSR count). The average Bonchev–Trinajstić information content (AvgIpc) is 3.47. The van der Waals surface area contributed by atoms with E-state index in [1.54, 1.807) is 16.0 Å². The lowest BCUT2D eigenvalue weighted by Gasteiger charge is -2.29. The van der Waals surface area contributed by atoms with Crippen molar-refractivity contribution in [2.24, 2.45) is 0 Å². The Hall–Kier alpha value is -3.78. The second kappa shape index (κ2) is 18.8. The predicted molar refractivity (Wildman–Crippen MR) is 189 cm³/mol. The number of unbranched alkanes of at least 4 members (excludes halogenated alkanes) is 3. The number of carbonyl (C=O) groups excluding carboxylic acids is 3. The molecule has 1 aromatic heterocycles. The molecule has 0 spiro atoms. The van der Waals surface area contributed by atoms with Crippen LogP contribution in [0.5, 0.6) is 0 Å². The number of nitrogens with two attached hydrogens (primary N) is 1. The van der Waals surface area contributed by atoms with Crippen LogP contribution < -0.4 is 11.4 Å². The van der Waals surface area contributed by atoms with Gasteiger partial charge in [-0.3, -0.25) is 9.36 Å². The molecule has 0 bridgehead atoms. The maximum absolute atomic E-state index is 13.0. The van der Waals surface area contributed by atoms with Crippen molar-refractivity contribution >= 4 is 35.7 Å². The Kier molecular flexibility index (Phi) is 15.2. The van der Waals surface area contributed by atoms with Crippen LogP contribution >= 0.6 is 11.8 Å². The van der Waals surface area contributed by atoms with E-state index in [4.69, 9.17) is 24.7 Å². The molecule has 1 saturated heterocycles. The summed E-state index contributed by atoms with van der Waals surface area (Å²) < 4.78 is 23.9. The molecule has 0 radical (unpaired) electrons. The predicted octanol–water partition coefficient (Wildman–Crippen LogP) is 5.97. The van der Waals surface area contributed by atoms with Crippen molar-refractivity contribution < 1.29 is 33.3 Å². The van der Waals surface area contributed by atoms with Gasteiger partial charge in [0.2, 0.25) is 0 Å². The molecule has 49 heavy (non-hydrogen) atoms. The van der Waals surface area contributed by atoms with Crippen LogP contribution in [0.25, 0.3) is 0 Å². The number of benzene rings is 1. The van der Waals surface area contributed by atoms with Crippen molar-refractivity contribution in [2.45, 2.75) is 109 Å². The van der Waals surface area contributed by atoms with Crippen molar-refractivity contribution in [3.8, 4) is 0 Å². The molecule has 2 aromatic rings. The van der Waals surface area contributed by atoms with E-state index >= 15 is 0 Å². The van der Waals surface area contributed by atoms with Crippen LogP contribution in [-0.4, -0.2) is 86.1 Å². The van der Waals surface area contributed by atoms with Gasteiger partial charge in [0.15, 0.2) is 0 Å². The summed E-state index contributed by atoms with van der Waals surface area (Å²) in [7, 11) is 0. The van der Waals surface area contributed by atoms with Crippen molar-refractivity contribution in [3.05, 3.63) is 58.6 Å². The van der Waals surface area contributed by atoms with Crippen LogP contribution in [0, 0.1) is 0 Å². The number of ether oxygens (including phenoxy) is 4. The number of amides is 2. The zero-order chi connectivity index (χ0) is 36.0. The third-order valence-electron chi connectivity index (χ3n) is 7.21. The molecule has 1 aliphatic rings. The lowest BCUT2D eigenvalue weighted by atomic mass is 10.1. The van der Waals surface area contributed by atoms with Crippen molar-refractivity contribution in [3.63, 3.8) is 0 Å². The van der Waals surface area contributed by atoms with Gasteiger partial charge in [-0.1, -0.05) is 36.8 Å². The van der Waals surface area contributed by atoms with E-state index in [-0.39, 0.29) is 42.4 Å². The molecule has 2 atom stereocenters. The van der Waals surface area contributed by atoms with Gasteiger partial charge >= 0.3 is 23.8 Å². The molecule has 13 nitrogen and oxygen atoms in total. The van der Waals surface area contributed by atoms with Gasteiger partial charge in [0, 0.05) is 44.5 Å². The fourth-order valence-corrected chi connectivity index (χ4v) is 5.88. The minimum Gasteiger partial charge on any atom is -0.462 e. The molecule has 1 aromatic carbocycles. The van der Waals surface area contributed by atoms with E-state index in [1.807, 2.05) is 71.9 Å². The highest BCUT2D eigenvalue weighted by Gasteiger charge is 2.29. The number of aromatic nitrogens is 2. The number of anilines is 1. The van der Waals surface area contributed by atoms with E-state index in [2.05, 4.69) is 4.98 Å². The number of thioether (sulfide) groups is 1. The van der Waals surface area contributed by atoms with Gasteiger partial charge in [0.05, 0.1) is 0 Å². The van der Waals surface area contributed by atoms with Gasteiger partial charge < -0.3 is 34.5 Å². The lowest BCUT2D eigenvalue weighted by Crippen LogP contribution is -2.39. The largest absolute Gasteiger partial charge is 0.462 e. The average molecular weight is 704 g/mol. The first-order valence-corrected chi connectivity index (χ1v) is 17.9. The summed E-state index contributed by atoms with van der Waals surface area (Å²) in [6.45, 7) is 13.0. The van der Waals surface area contributed by atoms with Crippen LogP contribution in [0.2, 0.25) is 0 Å². The molecule has 1 aliphatic heterocycles. The smallest absolute Gasteiger partial charge is 0.410 e. The summed E-state index contributed by atoms with van der Waals surface area (Å²) in [6, 6.07) is 11.3. The zero-order valence-electron chi connectivity index (χ0n) is 29.7. The van der Waals surface area contributed by atoms with Gasteiger partial charge in [-0.15, -0.1) is 11.8 Å². The third kappa shape index (κ3) is 15.1. The first-order valence-electron chi connectivity index (χ1n) is 16.9. The molecule has 0 aliphatic carbocycles. The molecular formula is C35H53N5O8S. The fourth-order valence-electron chi connectivity index (χ4n) is 4.90. The summed E-state index contributed by atoms with van der Waals surface area (Å²) >= 11 is 1.46. The van der Waals surface area contributed by atoms with E-state index in [1.165, 1.54) is 22.4 Å². The Morgan fingerprint density at radius 1 is 0.898 bits per heavy atom. The van der Waals surface area contributed by atoms with Gasteiger partial charge in [-0.2, -0.15) is 4.98 Å². The molecule has 272 valence electrons. The third-order valence-corrected chi connectivity index (χ3v) is 8.31. The highest BCUT2D eigenvalue weighted by Crippen LogP contribution is 2.31. The zero-order valence-corrected chi connectivity index (χ0v) is 30.5. The number of nitrogen functional groups attached to an aromatic ring is 1. The Morgan fingerprint density at radius 2 is 1.49 bits per heavy atom. The van der Waals surface area contributed by atoms with Gasteiger partial charge in [0.1, 0.15) is 35.3 Å². The summed E-state index contributed by atoms with van der Waals surface area (Å²) in [4.78, 5) is 57.6. The number of hydrogen-bond acceptors (Lipinski definition) is 11. The normalized spacial score (nSPS) is 16.2. The van der Waals surface area contributed by atoms with Crippen LogP contribution in [0.15, 0.2) is 47.4 Å². The van der Waals surface area contributed by atoms with E-state index in [0.29, 0.717) is 57.6 Å². The highest BCUT2D eigenvalue weighted by atomic mass is 32.2. The van der Waals surface area contributed by atoms with E-state index in [9.17, 15) is 19.2 Å². The monoisotopic (exact) mass is 703 g/mol. The number of esters is 1. The maximum Gasteiger partial charge on any atom is 0.410 e. The van der Waals surface area contributed by atoms with Gasteiger partial charge in [-0.25, -0.2) is 14.4 Å². The van der Waals surface area contributed by atoms with Crippen LogP contribution in [0.4, 0.5) is 15.4 Å². The second-order valence-corrected chi connectivity index (χ2v) is 15.1. The highest BCUT2D eigenvalue weighted by molar-refractivity contribution is 8.00. The summed E-state index contributed by atoms with van der Waals surface area (Å²) in [6.07, 6.45) is 3.91. The molecule has 2 amide bonds. The van der Waals surface area contributed by atoms with Gasteiger partial charge in [0.25, 0.3) is 0 Å². The first kappa shape index (κ1) is 39.7. The lowest BCUT2D eigenvalue weighted by molar-refractivity contribution is -0.147. The molecule has 2 N–H and O–H groups in total. The number of nitrogens with zero attached hydrogens (tertiary/aromatic N) is 4. The Balaban J connectivity index is 1.41. The van der Waals surface area contributed by atoms with Crippen molar-refractivity contribution in [1.82, 2.24) is 19.4 Å². The van der Waals surface area contributed by atoms with E-state index < -0.39 is 23.1 Å². The summed E-state index contributed by atoms with van der Waals surface area (Å²) in [5.74, 6) is 0.346. The van der Waals surface area contributed by atoms with Crippen LogP contribution in [0.1, 0.15) is 91.9 Å². The van der Waals surface area contributed by atoms with Crippen molar-refractivity contribution in [2.75, 3.05) is 37.7 Å². The Bertz CT molecular complexity index is 1410. The Labute approximate surface area is 293 Å². The topological polar surface area (TPSA) is 156 Å². The van der Waals surface area contributed by atoms with E-state index in [0.717, 1.165) is 12.0 Å². The molecule has 1 fully saturated rings. The minimum absolute atomic E-state index is 0.0836. The summed E-state index contributed by atoms with van der Waals surface area (Å²) in [5, 5.41) is 0. The second-order valence-electron chi connectivity index (χ2n) is 14.0. The number of rotatable bonds is 16. The molecule has 0 saturated carbocycles. The molecule has 2 heterocycles. The minimum atomic E-state index is -0.633. The first-order chi connectivity index (χ1) is 23.1. The number of carbonyl (C=O) groups is 3. The number of hydrogen-bond donors (Lipinski definition) is 1. The SMILES string of the molecule is CC(C)(C)OC(=O)N(CCCCCC(=O)OC[C@H]1O[C@@H](n2ccc(N)nc2=O)CS1)CCCCN(Cc1ccccc1)C(=O)OC(C)(C)C. The Morgan fingerprint density at radius 3 is 2.10 bits per heavy atom. The van der Waals surface area contributed by atoms with Crippen molar-refractivity contribution in [1.29, 1.82) is 0 Å². The van der Waals surface area contributed by atoms with Gasteiger partial charge in [-0.05, 0) is 78.9 Å². The maximum atomic E-state index is 13.0.